The number of hydrogen-bond acceptors (Lipinski definition) is 4. The Labute approximate surface area is 131 Å². The van der Waals surface area contributed by atoms with Crippen LogP contribution in [0.5, 0.6) is 0 Å². The van der Waals surface area contributed by atoms with Crippen LogP contribution in [0.4, 0.5) is 0 Å². The fourth-order valence-electron chi connectivity index (χ4n) is 1.51. The van der Waals surface area contributed by atoms with Gasteiger partial charge in [0.1, 0.15) is 5.72 Å². The molecule has 0 amide bonds. The molecule has 5 heteroatoms. The van der Waals surface area contributed by atoms with Crippen LogP contribution in [0.15, 0.2) is 45.6 Å². The minimum Gasteiger partial charge on any atom is -0.443 e. The Balaban J connectivity index is 0.00000289. The summed E-state index contributed by atoms with van der Waals surface area (Å²) in [5, 5.41) is 17.7. The van der Waals surface area contributed by atoms with Gasteiger partial charge in [-0.25, -0.2) is 0 Å². The minimum absolute atomic E-state index is 0. The molecular formula is C13H18N3NaO. The smallest absolute Gasteiger partial charge is 0.443 e. The van der Waals surface area contributed by atoms with Crippen LogP contribution in [0.2, 0.25) is 0 Å². The van der Waals surface area contributed by atoms with Crippen LogP contribution in [0.25, 0.3) is 0 Å². The monoisotopic (exact) mass is 255 g/mol. The van der Waals surface area contributed by atoms with Crippen molar-refractivity contribution < 1.29 is 34.7 Å². The van der Waals surface area contributed by atoms with E-state index in [1.54, 1.807) is 6.92 Å². The SMILES string of the molecule is CN=NC(C)(O)C(=N[C-](C)C)c1ccccc1.[Na+]. The maximum Gasteiger partial charge on any atom is 1.00 e. The Bertz CT molecular complexity index is 414. The number of aliphatic imine (C=N–C) groups is 1. The van der Waals surface area contributed by atoms with Gasteiger partial charge >= 0.3 is 29.6 Å². The molecule has 0 bridgehead atoms. The molecule has 1 rings (SSSR count). The standard InChI is InChI=1S/C13H18N3O.Na/c1-10(2)15-12(13(3,17)16-14-4)11-8-6-5-7-9-11;/h5-9,17H,1-4H3;/q-1;+1. The van der Waals surface area contributed by atoms with Gasteiger partial charge in [-0.3, -0.25) is 0 Å². The molecule has 0 aliphatic heterocycles. The summed E-state index contributed by atoms with van der Waals surface area (Å²) in [6, 6.07) is 10.3. The van der Waals surface area contributed by atoms with E-state index in [9.17, 15) is 5.11 Å². The number of benzene rings is 1. The average molecular weight is 255 g/mol. The predicted molar refractivity (Wildman–Crippen MR) is 69.0 cm³/mol. The Morgan fingerprint density at radius 1 is 1.22 bits per heavy atom. The van der Waals surface area contributed by atoms with Crippen molar-refractivity contribution in [2.24, 2.45) is 15.2 Å². The van der Waals surface area contributed by atoms with E-state index in [1.807, 2.05) is 44.2 Å². The van der Waals surface area contributed by atoms with Crippen molar-refractivity contribution in [1.82, 2.24) is 0 Å². The summed E-state index contributed by atoms with van der Waals surface area (Å²) in [4.78, 5) is 4.37. The molecule has 1 aromatic rings. The zero-order valence-corrected chi connectivity index (χ0v) is 13.7. The second-order valence-electron chi connectivity index (χ2n) is 4.09. The average Bonchev–Trinajstić information content (AvgIpc) is 2.26. The molecule has 0 aliphatic rings. The van der Waals surface area contributed by atoms with E-state index in [1.165, 1.54) is 7.05 Å². The summed E-state index contributed by atoms with van der Waals surface area (Å²) in [6.07, 6.45) is 0. The topological polar surface area (TPSA) is 57.3 Å². The molecule has 92 valence electrons. The van der Waals surface area contributed by atoms with Crippen molar-refractivity contribution >= 4 is 5.71 Å². The summed E-state index contributed by atoms with van der Waals surface area (Å²) in [5.41, 5.74) is -0.0669. The zero-order valence-electron chi connectivity index (χ0n) is 11.7. The first-order valence-corrected chi connectivity index (χ1v) is 5.45. The van der Waals surface area contributed by atoms with Crippen molar-refractivity contribution in [2.75, 3.05) is 7.05 Å². The van der Waals surface area contributed by atoms with Crippen LogP contribution in [0.1, 0.15) is 26.3 Å². The molecule has 1 unspecified atom stereocenters. The van der Waals surface area contributed by atoms with Crippen LogP contribution >= 0.6 is 0 Å². The number of hydrogen-bond donors (Lipinski definition) is 1. The number of nitrogens with zero attached hydrogens (tertiary/aromatic N) is 3. The third-order valence-corrected chi connectivity index (χ3v) is 2.13. The Morgan fingerprint density at radius 3 is 2.22 bits per heavy atom. The van der Waals surface area contributed by atoms with Crippen LogP contribution < -0.4 is 29.6 Å². The molecule has 4 nitrogen and oxygen atoms in total. The summed E-state index contributed by atoms with van der Waals surface area (Å²) in [6.45, 7) is 5.33. The maximum absolute atomic E-state index is 10.3. The normalized spacial score (nSPS) is 15.1. The summed E-state index contributed by atoms with van der Waals surface area (Å²) >= 11 is 0. The number of aliphatic hydroxyl groups is 1. The molecule has 0 aromatic heterocycles. The predicted octanol–water partition coefficient (Wildman–Crippen LogP) is -0.158. The molecule has 18 heavy (non-hydrogen) atoms. The first kappa shape index (κ1) is 17.3. The van der Waals surface area contributed by atoms with E-state index < -0.39 is 5.72 Å². The van der Waals surface area contributed by atoms with E-state index >= 15 is 0 Å². The second kappa shape index (κ2) is 7.69. The Morgan fingerprint density at radius 2 is 1.78 bits per heavy atom. The molecule has 1 N–H and O–H groups in total. The number of azo groups is 1. The molecule has 0 aliphatic carbocycles. The van der Waals surface area contributed by atoms with Crippen molar-refractivity contribution in [3.05, 3.63) is 41.9 Å². The molecule has 0 radical (unpaired) electrons. The van der Waals surface area contributed by atoms with E-state index in [0.29, 0.717) is 5.71 Å². The molecule has 0 spiro atoms. The van der Waals surface area contributed by atoms with E-state index in [2.05, 4.69) is 15.2 Å². The van der Waals surface area contributed by atoms with E-state index in [-0.39, 0.29) is 29.6 Å². The fourth-order valence-corrected chi connectivity index (χ4v) is 1.51. The van der Waals surface area contributed by atoms with Gasteiger partial charge in [0.2, 0.25) is 0 Å². The van der Waals surface area contributed by atoms with Crippen LogP contribution in [0.3, 0.4) is 0 Å². The van der Waals surface area contributed by atoms with Gasteiger partial charge in [-0.15, -0.1) is 6.04 Å². The van der Waals surface area contributed by atoms with E-state index in [4.69, 9.17) is 0 Å². The van der Waals surface area contributed by atoms with Gasteiger partial charge in [0.15, 0.2) is 0 Å². The van der Waals surface area contributed by atoms with Gasteiger partial charge in [-0.2, -0.15) is 10.2 Å². The largest absolute Gasteiger partial charge is 1.00 e. The van der Waals surface area contributed by atoms with E-state index in [0.717, 1.165) is 11.6 Å². The van der Waals surface area contributed by atoms with Gasteiger partial charge in [0, 0.05) is 7.05 Å². The molecule has 0 saturated heterocycles. The molecule has 0 heterocycles. The minimum atomic E-state index is -1.41. The van der Waals surface area contributed by atoms with Crippen molar-refractivity contribution in [2.45, 2.75) is 26.5 Å². The second-order valence-corrected chi connectivity index (χ2v) is 4.09. The van der Waals surface area contributed by atoms with Crippen LogP contribution in [0, 0.1) is 6.04 Å². The first-order valence-electron chi connectivity index (χ1n) is 5.45. The van der Waals surface area contributed by atoms with Crippen LogP contribution in [-0.4, -0.2) is 23.6 Å². The summed E-state index contributed by atoms with van der Waals surface area (Å²) in [5.74, 6) is 0. The Kier molecular flexibility index (Phi) is 7.40. The van der Waals surface area contributed by atoms with Gasteiger partial charge < -0.3 is 10.1 Å². The molecular weight excluding hydrogens is 237 g/mol. The summed E-state index contributed by atoms with van der Waals surface area (Å²) < 4.78 is 0. The van der Waals surface area contributed by atoms with Crippen molar-refractivity contribution in [3.63, 3.8) is 0 Å². The quantitative estimate of drug-likeness (QED) is 0.346. The third kappa shape index (κ3) is 4.90. The van der Waals surface area contributed by atoms with Gasteiger partial charge in [0.05, 0.1) is 0 Å². The molecule has 1 aromatic carbocycles. The Hall–Kier alpha value is -0.680. The van der Waals surface area contributed by atoms with Gasteiger partial charge in [-0.05, 0) is 6.92 Å². The summed E-state index contributed by atoms with van der Waals surface area (Å²) in [7, 11) is 1.53. The van der Waals surface area contributed by atoms with Crippen molar-refractivity contribution in [3.8, 4) is 0 Å². The number of rotatable bonds is 4. The fraction of sp³-hybridized carbons (Fsp3) is 0.385. The molecule has 0 fully saturated rings. The first-order chi connectivity index (χ1) is 7.97. The van der Waals surface area contributed by atoms with Crippen molar-refractivity contribution in [1.29, 1.82) is 0 Å². The van der Waals surface area contributed by atoms with Crippen LogP contribution in [-0.2, 0) is 0 Å². The zero-order chi connectivity index (χ0) is 12.9. The third-order valence-electron chi connectivity index (χ3n) is 2.13. The van der Waals surface area contributed by atoms with Gasteiger partial charge in [-0.1, -0.05) is 55.5 Å². The molecule has 0 saturated carbocycles. The van der Waals surface area contributed by atoms with Gasteiger partial charge in [0.25, 0.3) is 0 Å². The maximum atomic E-state index is 10.3. The molecule has 1 atom stereocenters.